The molecule has 1 amide bonds. The number of carbonyl (C=O) groups excluding carboxylic acids is 1. The van der Waals surface area contributed by atoms with Gasteiger partial charge in [0.15, 0.2) is 0 Å². The van der Waals surface area contributed by atoms with E-state index in [1.807, 2.05) is 19.2 Å². The van der Waals surface area contributed by atoms with E-state index in [0.29, 0.717) is 0 Å². The van der Waals surface area contributed by atoms with Gasteiger partial charge in [0.1, 0.15) is 11.9 Å². The monoisotopic (exact) mass is 253 g/mol. The molecule has 1 fully saturated rings. The second-order valence-corrected chi connectivity index (χ2v) is 4.61. The van der Waals surface area contributed by atoms with Gasteiger partial charge in [-0.2, -0.15) is 0 Å². The van der Waals surface area contributed by atoms with Crippen LogP contribution in [0.25, 0.3) is 0 Å². The van der Waals surface area contributed by atoms with E-state index in [9.17, 15) is 4.79 Å². The van der Waals surface area contributed by atoms with E-state index in [-0.39, 0.29) is 12.0 Å². The predicted octanol–water partition coefficient (Wildman–Crippen LogP) is 0.249. The molecular weight excluding hydrogens is 234 g/mol. The second kappa shape index (κ2) is 5.99. The van der Waals surface area contributed by atoms with Crippen molar-refractivity contribution in [3.63, 3.8) is 0 Å². The molecule has 0 spiro atoms. The number of furan rings is 1. The number of rotatable bonds is 5. The lowest BCUT2D eigenvalue weighted by atomic mass is 10.2. The van der Waals surface area contributed by atoms with Gasteiger partial charge in [0, 0.05) is 6.54 Å². The fourth-order valence-electron chi connectivity index (χ4n) is 2.21. The van der Waals surface area contributed by atoms with Crippen LogP contribution in [0.4, 0.5) is 0 Å². The standard InChI is InChI=1S/C12H19N3O3/c1-15(7-9-3-2-6-17-9)8-10-4-5-11(18-10)12(16)14-13/h2-3,6,10-11H,4-5,7-8,13H2,1H3,(H,14,16). The molecule has 6 nitrogen and oxygen atoms in total. The average molecular weight is 253 g/mol. The maximum atomic E-state index is 11.3. The molecule has 18 heavy (non-hydrogen) atoms. The van der Waals surface area contributed by atoms with Crippen molar-refractivity contribution in [3.05, 3.63) is 24.2 Å². The van der Waals surface area contributed by atoms with Gasteiger partial charge in [0.05, 0.1) is 18.9 Å². The first-order chi connectivity index (χ1) is 8.69. The molecule has 2 unspecified atom stereocenters. The minimum Gasteiger partial charge on any atom is -0.468 e. The van der Waals surface area contributed by atoms with Gasteiger partial charge in [0.25, 0.3) is 5.91 Å². The van der Waals surface area contributed by atoms with Crippen molar-refractivity contribution < 1.29 is 13.9 Å². The first-order valence-electron chi connectivity index (χ1n) is 6.06. The third-order valence-electron chi connectivity index (χ3n) is 3.06. The normalized spacial score (nSPS) is 23.5. The number of amides is 1. The maximum absolute atomic E-state index is 11.3. The molecule has 3 N–H and O–H groups in total. The van der Waals surface area contributed by atoms with Crippen LogP contribution in [0.3, 0.4) is 0 Å². The SMILES string of the molecule is CN(Cc1ccco1)CC1CCC(C(=O)NN)O1. The van der Waals surface area contributed by atoms with Crippen LogP contribution in [-0.4, -0.2) is 36.6 Å². The van der Waals surface area contributed by atoms with Crippen LogP contribution in [0.15, 0.2) is 22.8 Å². The summed E-state index contributed by atoms with van der Waals surface area (Å²) >= 11 is 0. The lowest BCUT2D eigenvalue weighted by Gasteiger charge is -2.20. The van der Waals surface area contributed by atoms with Crippen molar-refractivity contribution in [1.29, 1.82) is 0 Å². The third-order valence-corrected chi connectivity index (χ3v) is 3.06. The summed E-state index contributed by atoms with van der Waals surface area (Å²) in [6, 6.07) is 3.81. The van der Waals surface area contributed by atoms with Gasteiger partial charge in [-0.25, -0.2) is 5.84 Å². The van der Waals surface area contributed by atoms with Crippen molar-refractivity contribution in [2.24, 2.45) is 5.84 Å². The highest BCUT2D eigenvalue weighted by molar-refractivity contribution is 5.80. The Labute approximate surface area is 106 Å². The minimum absolute atomic E-state index is 0.0762. The zero-order valence-electron chi connectivity index (χ0n) is 10.5. The van der Waals surface area contributed by atoms with Crippen molar-refractivity contribution in [2.45, 2.75) is 31.6 Å². The molecular formula is C12H19N3O3. The summed E-state index contributed by atoms with van der Waals surface area (Å²) in [5.74, 6) is 5.77. The molecule has 1 aromatic rings. The summed E-state index contributed by atoms with van der Waals surface area (Å²) in [4.78, 5) is 13.4. The summed E-state index contributed by atoms with van der Waals surface area (Å²) in [6.07, 6.45) is 2.93. The fourth-order valence-corrected chi connectivity index (χ4v) is 2.21. The number of ether oxygens (including phenoxy) is 1. The van der Waals surface area contributed by atoms with E-state index >= 15 is 0 Å². The number of nitrogens with two attached hydrogens (primary N) is 1. The molecule has 1 saturated heterocycles. The fraction of sp³-hybridized carbons (Fsp3) is 0.583. The molecule has 0 aliphatic carbocycles. The summed E-state index contributed by atoms with van der Waals surface area (Å²) in [5.41, 5.74) is 2.12. The van der Waals surface area contributed by atoms with Gasteiger partial charge in [-0.15, -0.1) is 0 Å². The Morgan fingerprint density at radius 3 is 3.11 bits per heavy atom. The highest BCUT2D eigenvalue weighted by Crippen LogP contribution is 2.20. The molecule has 0 bridgehead atoms. The van der Waals surface area contributed by atoms with Crippen LogP contribution >= 0.6 is 0 Å². The van der Waals surface area contributed by atoms with E-state index in [2.05, 4.69) is 10.3 Å². The van der Waals surface area contributed by atoms with Gasteiger partial charge in [-0.05, 0) is 32.0 Å². The van der Waals surface area contributed by atoms with Crippen LogP contribution in [0.2, 0.25) is 0 Å². The Hall–Kier alpha value is -1.37. The molecule has 2 atom stereocenters. The first kappa shape index (κ1) is 13.1. The Morgan fingerprint density at radius 1 is 1.61 bits per heavy atom. The van der Waals surface area contributed by atoms with E-state index in [1.165, 1.54) is 0 Å². The minimum atomic E-state index is -0.406. The average Bonchev–Trinajstić information content (AvgIpc) is 2.99. The largest absolute Gasteiger partial charge is 0.468 e. The predicted molar refractivity (Wildman–Crippen MR) is 65.3 cm³/mol. The maximum Gasteiger partial charge on any atom is 0.263 e. The third kappa shape index (κ3) is 3.32. The van der Waals surface area contributed by atoms with E-state index in [4.69, 9.17) is 15.0 Å². The molecule has 2 rings (SSSR count). The Morgan fingerprint density at radius 2 is 2.44 bits per heavy atom. The van der Waals surface area contributed by atoms with Crippen LogP contribution < -0.4 is 11.3 Å². The number of carbonyl (C=O) groups is 1. The molecule has 6 heteroatoms. The van der Waals surface area contributed by atoms with E-state index in [1.54, 1.807) is 6.26 Å². The van der Waals surface area contributed by atoms with Gasteiger partial charge in [-0.3, -0.25) is 15.1 Å². The van der Waals surface area contributed by atoms with Gasteiger partial charge >= 0.3 is 0 Å². The van der Waals surface area contributed by atoms with E-state index < -0.39 is 6.10 Å². The number of nitrogens with one attached hydrogen (secondary N) is 1. The Balaban J connectivity index is 1.75. The molecule has 0 saturated carbocycles. The van der Waals surface area contributed by atoms with Crippen LogP contribution in [0.5, 0.6) is 0 Å². The zero-order chi connectivity index (χ0) is 13.0. The number of nitrogens with zero attached hydrogens (tertiary/aromatic N) is 1. The summed E-state index contributed by atoms with van der Waals surface area (Å²) in [5, 5.41) is 0. The molecule has 1 aliphatic rings. The highest BCUT2D eigenvalue weighted by atomic mass is 16.5. The first-order valence-corrected chi connectivity index (χ1v) is 6.06. The molecule has 1 aromatic heterocycles. The van der Waals surface area contributed by atoms with Crippen LogP contribution in [-0.2, 0) is 16.1 Å². The van der Waals surface area contributed by atoms with Gasteiger partial charge < -0.3 is 9.15 Å². The molecule has 0 aromatic carbocycles. The van der Waals surface area contributed by atoms with Crippen molar-refractivity contribution in [2.75, 3.05) is 13.6 Å². The summed E-state index contributed by atoms with van der Waals surface area (Å²) in [7, 11) is 2.00. The Bertz CT molecular complexity index is 380. The number of hydrazine groups is 1. The quantitative estimate of drug-likeness (QED) is 0.446. The smallest absolute Gasteiger partial charge is 0.263 e. The lowest BCUT2D eigenvalue weighted by molar-refractivity contribution is -0.132. The van der Waals surface area contributed by atoms with Crippen molar-refractivity contribution in [3.8, 4) is 0 Å². The number of likely N-dealkylation sites (N-methyl/N-ethyl adjacent to an activating group) is 1. The van der Waals surface area contributed by atoms with E-state index in [0.717, 1.165) is 31.7 Å². The topological polar surface area (TPSA) is 80.7 Å². The molecule has 1 aliphatic heterocycles. The van der Waals surface area contributed by atoms with Crippen molar-refractivity contribution in [1.82, 2.24) is 10.3 Å². The van der Waals surface area contributed by atoms with Crippen LogP contribution in [0.1, 0.15) is 18.6 Å². The van der Waals surface area contributed by atoms with Crippen LogP contribution in [0, 0.1) is 0 Å². The Kier molecular flexibility index (Phi) is 4.35. The summed E-state index contributed by atoms with van der Waals surface area (Å²) in [6.45, 7) is 1.51. The molecule has 2 heterocycles. The lowest BCUT2D eigenvalue weighted by Crippen LogP contribution is -2.39. The second-order valence-electron chi connectivity index (χ2n) is 4.61. The molecule has 0 radical (unpaired) electrons. The number of hydrogen-bond acceptors (Lipinski definition) is 5. The molecule has 100 valence electrons. The highest BCUT2D eigenvalue weighted by Gasteiger charge is 2.30. The van der Waals surface area contributed by atoms with Gasteiger partial charge in [0.2, 0.25) is 0 Å². The summed E-state index contributed by atoms with van der Waals surface area (Å²) < 4.78 is 10.9. The number of hydrogen-bond donors (Lipinski definition) is 2. The van der Waals surface area contributed by atoms with Crippen molar-refractivity contribution >= 4 is 5.91 Å². The van der Waals surface area contributed by atoms with Gasteiger partial charge in [-0.1, -0.05) is 0 Å². The zero-order valence-corrected chi connectivity index (χ0v) is 10.5.